The van der Waals surface area contributed by atoms with E-state index in [2.05, 4.69) is 5.32 Å². The molecule has 4 nitrogen and oxygen atoms in total. The molecule has 0 radical (unpaired) electrons. The Kier molecular flexibility index (Phi) is 3.54. The average molecular weight is 334 g/mol. The van der Waals surface area contributed by atoms with Crippen molar-refractivity contribution in [3.8, 4) is 0 Å². The van der Waals surface area contributed by atoms with E-state index in [-0.39, 0.29) is 10.8 Å². The molecule has 0 fully saturated rings. The number of anilines is 1. The molecule has 22 heavy (non-hydrogen) atoms. The fourth-order valence-electron chi connectivity index (χ4n) is 2.31. The topological polar surface area (TPSA) is 63.2 Å². The highest BCUT2D eigenvalue weighted by Crippen LogP contribution is 2.35. The van der Waals surface area contributed by atoms with E-state index in [4.69, 9.17) is 11.6 Å². The minimum Gasteiger partial charge on any atom is -0.321 e. The Bertz CT molecular complexity index is 917. The summed E-state index contributed by atoms with van der Waals surface area (Å²) in [4.78, 5) is 12.3. The molecule has 2 aromatic carbocycles. The van der Waals surface area contributed by atoms with Crippen molar-refractivity contribution >= 4 is 44.7 Å². The number of benzene rings is 2. The molecular formula is C16H12ClNO3S. The van der Waals surface area contributed by atoms with Crippen molar-refractivity contribution in [3.05, 3.63) is 58.6 Å². The monoisotopic (exact) mass is 333 g/mol. The summed E-state index contributed by atoms with van der Waals surface area (Å²) in [6, 6.07) is 11.6. The molecule has 1 heterocycles. The van der Waals surface area contributed by atoms with Crippen molar-refractivity contribution in [1.29, 1.82) is 0 Å². The summed E-state index contributed by atoms with van der Waals surface area (Å²) in [5, 5.41) is 3.29. The molecule has 1 amide bonds. The molecule has 0 spiro atoms. The Morgan fingerprint density at radius 3 is 2.64 bits per heavy atom. The third kappa shape index (κ3) is 2.77. The number of rotatable bonds is 2. The van der Waals surface area contributed by atoms with E-state index in [1.807, 2.05) is 0 Å². The maximum Gasteiger partial charge on any atom is 0.256 e. The molecule has 2 aromatic rings. The predicted octanol–water partition coefficient (Wildman–Crippen LogP) is 3.24. The first-order chi connectivity index (χ1) is 10.3. The Labute approximate surface area is 133 Å². The molecule has 0 aliphatic carbocycles. The maximum absolute atomic E-state index is 12.1. The first-order valence-electron chi connectivity index (χ1n) is 6.48. The second kappa shape index (κ2) is 5.26. The third-order valence-corrected chi connectivity index (χ3v) is 4.71. The fraction of sp³-hybridized carbons (Fsp3) is 0.0625. The number of fused-ring (bicyclic) bond motifs is 1. The largest absolute Gasteiger partial charge is 0.321 e. The van der Waals surface area contributed by atoms with Crippen LogP contribution in [0.25, 0.3) is 11.6 Å². The molecule has 0 bridgehead atoms. The van der Waals surface area contributed by atoms with Crippen molar-refractivity contribution in [2.75, 3.05) is 11.6 Å². The first-order valence-corrected chi connectivity index (χ1v) is 8.74. The van der Waals surface area contributed by atoms with Gasteiger partial charge in [-0.1, -0.05) is 23.7 Å². The Morgan fingerprint density at radius 1 is 1.14 bits per heavy atom. The van der Waals surface area contributed by atoms with Gasteiger partial charge < -0.3 is 5.32 Å². The van der Waals surface area contributed by atoms with Gasteiger partial charge in [0.2, 0.25) is 0 Å². The van der Waals surface area contributed by atoms with Crippen LogP contribution in [-0.4, -0.2) is 20.6 Å². The fourth-order valence-corrected chi connectivity index (χ4v) is 3.15. The van der Waals surface area contributed by atoms with Gasteiger partial charge in [-0.3, -0.25) is 4.79 Å². The number of carbonyl (C=O) groups is 1. The number of sulfone groups is 1. The summed E-state index contributed by atoms with van der Waals surface area (Å²) >= 11 is 5.98. The van der Waals surface area contributed by atoms with Crippen molar-refractivity contribution in [2.24, 2.45) is 0 Å². The number of hydrogen-bond donors (Lipinski definition) is 1. The second-order valence-electron chi connectivity index (χ2n) is 5.05. The predicted molar refractivity (Wildman–Crippen MR) is 87.5 cm³/mol. The number of nitrogens with one attached hydrogen (secondary N) is 1. The molecule has 1 N–H and O–H groups in total. The molecule has 0 atom stereocenters. The van der Waals surface area contributed by atoms with Crippen molar-refractivity contribution in [2.45, 2.75) is 4.90 Å². The van der Waals surface area contributed by atoms with Crippen LogP contribution in [0.1, 0.15) is 11.1 Å². The van der Waals surface area contributed by atoms with Gasteiger partial charge in [0, 0.05) is 28.1 Å². The van der Waals surface area contributed by atoms with Gasteiger partial charge in [-0.15, -0.1) is 0 Å². The summed E-state index contributed by atoms with van der Waals surface area (Å²) in [5.41, 5.74) is 2.51. The Morgan fingerprint density at radius 2 is 1.91 bits per heavy atom. The maximum atomic E-state index is 12.1. The van der Waals surface area contributed by atoms with E-state index in [0.717, 1.165) is 6.26 Å². The molecule has 112 valence electrons. The highest BCUT2D eigenvalue weighted by molar-refractivity contribution is 7.90. The van der Waals surface area contributed by atoms with Gasteiger partial charge in [0.15, 0.2) is 9.84 Å². The van der Waals surface area contributed by atoms with Crippen molar-refractivity contribution in [1.82, 2.24) is 0 Å². The summed E-state index contributed by atoms with van der Waals surface area (Å²) in [6.45, 7) is 0. The quantitative estimate of drug-likeness (QED) is 0.858. The van der Waals surface area contributed by atoms with E-state index < -0.39 is 9.84 Å². The van der Waals surface area contributed by atoms with Crippen LogP contribution in [0.3, 0.4) is 0 Å². The molecule has 6 heteroatoms. The van der Waals surface area contributed by atoms with Gasteiger partial charge in [0.25, 0.3) is 5.91 Å². The zero-order valence-corrected chi connectivity index (χ0v) is 13.2. The van der Waals surface area contributed by atoms with Gasteiger partial charge in [-0.05, 0) is 42.0 Å². The molecule has 0 unspecified atom stereocenters. The van der Waals surface area contributed by atoms with Crippen LogP contribution >= 0.6 is 11.6 Å². The van der Waals surface area contributed by atoms with Gasteiger partial charge in [0.05, 0.1) is 4.90 Å². The lowest BCUT2D eigenvalue weighted by molar-refractivity contribution is -0.110. The lowest BCUT2D eigenvalue weighted by Crippen LogP contribution is -2.03. The van der Waals surface area contributed by atoms with Crippen LogP contribution in [0.4, 0.5) is 5.69 Å². The first kappa shape index (κ1) is 14.8. The number of carbonyl (C=O) groups excluding carboxylic acids is 1. The standard InChI is InChI=1S/C16H12ClNO3S/c1-22(20,21)12-4-2-3-10(7-12)8-14-13-9-11(17)5-6-15(13)18-16(14)19/h2-9H,1H3,(H,18,19). The minimum atomic E-state index is -3.29. The van der Waals surface area contributed by atoms with E-state index in [0.29, 0.717) is 27.4 Å². The molecule has 0 saturated heterocycles. The van der Waals surface area contributed by atoms with Crippen LogP contribution in [-0.2, 0) is 14.6 Å². The highest BCUT2D eigenvalue weighted by Gasteiger charge is 2.24. The molecule has 0 aromatic heterocycles. The molecular weight excluding hydrogens is 322 g/mol. The summed E-state index contributed by atoms with van der Waals surface area (Å²) in [7, 11) is -3.29. The average Bonchev–Trinajstić information content (AvgIpc) is 2.75. The summed E-state index contributed by atoms with van der Waals surface area (Å²) in [6.07, 6.45) is 2.81. The van der Waals surface area contributed by atoms with E-state index in [1.54, 1.807) is 36.4 Å². The Hall–Kier alpha value is -2.11. The lowest BCUT2D eigenvalue weighted by Gasteiger charge is -2.02. The normalized spacial score (nSPS) is 15.7. The van der Waals surface area contributed by atoms with E-state index in [9.17, 15) is 13.2 Å². The third-order valence-electron chi connectivity index (χ3n) is 3.36. The van der Waals surface area contributed by atoms with Gasteiger partial charge >= 0.3 is 0 Å². The van der Waals surface area contributed by atoms with Gasteiger partial charge in [0.1, 0.15) is 0 Å². The van der Waals surface area contributed by atoms with Gasteiger partial charge in [-0.2, -0.15) is 0 Å². The smallest absolute Gasteiger partial charge is 0.256 e. The Balaban J connectivity index is 2.11. The minimum absolute atomic E-state index is 0.214. The number of halogens is 1. The van der Waals surface area contributed by atoms with Crippen LogP contribution in [0.2, 0.25) is 5.02 Å². The number of amides is 1. The second-order valence-corrected chi connectivity index (χ2v) is 7.50. The van der Waals surface area contributed by atoms with Crippen molar-refractivity contribution < 1.29 is 13.2 Å². The zero-order valence-electron chi connectivity index (χ0n) is 11.6. The zero-order chi connectivity index (χ0) is 15.9. The van der Waals surface area contributed by atoms with E-state index >= 15 is 0 Å². The summed E-state index contributed by atoms with van der Waals surface area (Å²) in [5.74, 6) is -0.234. The van der Waals surface area contributed by atoms with Crippen LogP contribution < -0.4 is 5.32 Å². The van der Waals surface area contributed by atoms with Crippen LogP contribution in [0, 0.1) is 0 Å². The molecule has 0 saturated carbocycles. The lowest BCUT2D eigenvalue weighted by atomic mass is 10.0. The summed E-state index contributed by atoms with van der Waals surface area (Å²) < 4.78 is 23.2. The van der Waals surface area contributed by atoms with E-state index in [1.165, 1.54) is 12.1 Å². The SMILES string of the molecule is CS(=O)(=O)c1cccc(C=C2C(=O)Nc3ccc(Cl)cc32)c1. The highest BCUT2D eigenvalue weighted by atomic mass is 35.5. The molecule has 1 aliphatic heterocycles. The molecule has 3 rings (SSSR count). The van der Waals surface area contributed by atoms with Gasteiger partial charge in [-0.25, -0.2) is 8.42 Å². The van der Waals surface area contributed by atoms with Crippen LogP contribution in [0.5, 0.6) is 0 Å². The number of hydrogen-bond acceptors (Lipinski definition) is 3. The van der Waals surface area contributed by atoms with Crippen LogP contribution in [0.15, 0.2) is 47.4 Å². The molecule has 1 aliphatic rings. The van der Waals surface area contributed by atoms with Crippen molar-refractivity contribution in [3.63, 3.8) is 0 Å².